The van der Waals surface area contributed by atoms with Crippen LogP contribution in [0.5, 0.6) is 11.6 Å². The van der Waals surface area contributed by atoms with Crippen LogP contribution >= 0.6 is 0 Å². The number of pyridine rings is 2. The molecule has 0 spiro atoms. The fraction of sp³-hybridized carbons (Fsp3) is 0.292. The molecule has 0 bridgehead atoms. The van der Waals surface area contributed by atoms with Gasteiger partial charge in [-0.05, 0) is 31.2 Å². The molecule has 190 valence electrons. The third-order valence-electron chi connectivity index (χ3n) is 5.65. The summed E-state index contributed by atoms with van der Waals surface area (Å²) in [6.07, 6.45) is 2.36. The number of sulfone groups is 1. The number of imidazole rings is 1. The second kappa shape index (κ2) is 9.69. The van der Waals surface area contributed by atoms with Gasteiger partial charge in [0.2, 0.25) is 0 Å². The topological polar surface area (TPSA) is 105 Å². The Bertz CT molecular complexity index is 1620. The summed E-state index contributed by atoms with van der Waals surface area (Å²) in [6, 6.07) is 7.37. The van der Waals surface area contributed by atoms with Gasteiger partial charge >= 0.3 is 5.69 Å². The molecule has 3 heterocycles. The van der Waals surface area contributed by atoms with E-state index in [-0.39, 0.29) is 28.3 Å². The summed E-state index contributed by atoms with van der Waals surface area (Å²) in [5.41, 5.74) is 0.397. The molecule has 0 amide bonds. The Balaban J connectivity index is 1.94. The Hall–Kier alpha value is -3.80. The number of rotatable bonds is 8. The molecule has 0 aliphatic carbocycles. The van der Waals surface area contributed by atoms with Crippen molar-refractivity contribution < 1.29 is 26.7 Å². The lowest BCUT2D eigenvalue weighted by atomic mass is 10.1. The SMILES string of the molecule is CCOc1nc([C@@H](CS(C)(=O)=O)n2c(=O)n(C)c3cc(-c4cccc(F)c4F)cnc32)ccc1OC. The average molecular weight is 519 g/mol. The minimum Gasteiger partial charge on any atom is -0.491 e. The average Bonchev–Trinajstić information content (AvgIpc) is 3.08. The molecular formula is C24H24F2N4O5S. The predicted octanol–water partition coefficient (Wildman–Crippen LogP) is 3.12. The number of halogens is 2. The first-order chi connectivity index (χ1) is 17.1. The molecule has 1 aromatic carbocycles. The zero-order chi connectivity index (χ0) is 26.2. The summed E-state index contributed by atoms with van der Waals surface area (Å²) in [4.78, 5) is 22.2. The van der Waals surface area contributed by atoms with Crippen molar-refractivity contribution in [3.05, 3.63) is 70.4 Å². The van der Waals surface area contributed by atoms with E-state index in [9.17, 15) is 22.0 Å². The zero-order valence-corrected chi connectivity index (χ0v) is 20.8. The molecule has 0 unspecified atom stereocenters. The summed E-state index contributed by atoms with van der Waals surface area (Å²) < 4.78 is 66.2. The molecule has 0 saturated carbocycles. The van der Waals surface area contributed by atoms with E-state index >= 15 is 0 Å². The van der Waals surface area contributed by atoms with E-state index in [1.54, 1.807) is 19.1 Å². The van der Waals surface area contributed by atoms with E-state index < -0.39 is 39.0 Å². The second-order valence-corrected chi connectivity index (χ2v) is 10.3. The summed E-state index contributed by atoms with van der Waals surface area (Å²) in [5, 5.41) is 0. The second-order valence-electron chi connectivity index (χ2n) is 8.16. The third-order valence-corrected chi connectivity index (χ3v) is 6.58. The van der Waals surface area contributed by atoms with Crippen molar-refractivity contribution >= 4 is 21.0 Å². The third kappa shape index (κ3) is 4.68. The Morgan fingerprint density at radius 3 is 2.58 bits per heavy atom. The fourth-order valence-electron chi connectivity index (χ4n) is 3.99. The number of benzene rings is 1. The van der Waals surface area contributed by atoms with E-state index in [1.165, 1.54) is 47.7 Å². The zero-order valence-electron chi connectivity index (χ0n) is 20.0. The van der Waals surface area contributed by atoms with E-state index in [2.05, 4.69) is 9.97 Å². The maximum atomic E-state index is 14.4. The normalized spacial score (nSPS) is 12.6. The highest BCUT2D eigenvalue weighted by molar-refractivity contribution is 7.90. The van der Waals surface area contributed by atoms with Gasteiger partial charge in [0, 0.05) is 30.6 Å². The summed E-state index contributed by atoms with van der Waals surface area (Å²) in [7, 11) is -0.663. The lowest BCUT2D eigenvalue weighted by Crippen LogP contribution is -2.31. The van der Waals surface area contributed by atoms with Gasteiger partial charge in [0.15, 0.2) is 23.0 Å². The van der Waals surface area contributed by atoms with Crippen LogP contribution in [0.1, 0.15) is 18.7 Å². The summed E-state index contributed by atoms with van der Waals surface area (Å²) in [6.45, 7) is 2.05. The predicted molar refractivity (Wildman–Crippen MR) is 130 cm³/mol. The number of methoxy groups -OCH3 is 1. The van der Waals surface area contributed by atoms with E-state index in [4.69, 9.17) is 9.47 Å². The molecule has 4 rings (SSSR count). The lowest BCUT2D eigenvalue weighted by molar-refractivity contribution is 0.296. The first-order valence-electron chi connectivity index (χ1n) is 10.9. The number of nitrogens with zero attached hydrogens (tertiary/aromatic N) is 4. The van der Waals surface area contributed by atoms with Crippen LogP contribution in [-0.2, 0) is 16.9 Å². The number of hydrogen-bond donors (Lipinski definition) is 0. The molecule has 4 aromatic rings. The van der Waals surface area contributed by atoms with Gasteiger partial charge in [-0.1, -0.05) is 12.1 Å². The van der Waals surface area contributed by atoms with Crippen molar-refractivity contribution in [3.63, 3.8) is 0 Å². The molecular weight excluding hydrogens is 494 g/mol. The summed E-state index contributed by atoms with van der Waals surface area (Å²) in [5.74, 6) is -1.99. The molecule has 0 saturated heterocycles. The smallest absolute Gasteiger partial charge is 0.330 e. The first-order valence-corrected chi connectivity index (χ1v) is 13.0. The van der Waals surface area contributed by atoms with Gasteiger partial charge in [0.05, 0.1) is 36.7 Å². The van der Waals surface area contributed by atoms with Crippen LogP contribution in [0.25, 0.3) is 22.3 Å². The maximum absolute atomic E-state index is 14.4. The maximum Gasteiger partial charge on any atom is 0.330 e. The van der Waals surface area contributed by atoms with Crippen molar-refractivity contribution in [2.24, 2.45) is 7.05 Å². The molecule has 3 aromatic heterocycles. The van der Waals surface area contributed by atoms with E-state index in [1.807, 2.05) is 0 Å². The van der Waals surface area contributed by atoms with Crippen molar-refractivity contribution in [1.82, 2.24) is 19.1 Å². The first kappa shape index (κ1) is 25.3. The molecule has 0 fully saturated rings. The molecule has 36 heavy (non-hydrogen) atoms. The summed E-state index contributed by atoms with van der Waals surface area (Å²) >= 11 is 0. The van der Waals surface area contributed by atoms with Gasteiger partial charge in [0.25, 0.3) is 5.88 Å². The van der Waals surface area contributed by atoms with Crippen LogP contribution in [0, 0.1) is 11.6 Å². The Morgan fingerprint density at radius 1 is 1.17 bits per heavy atom. The van der Waals surface area contributed by atoms with Gasteiger partial charge in [-0.2, -0.15) is 0 Å². The highest BCUT2D eigenvalue weighted by Gasteiger charge is 2.28. The minimum atomic E-state index is -3.60. The molecule has 0 radical (unpaired) electrons. The standard InChI is InChI=1S/C24H24F2N4O5S/c1-5-35-23-20(34-3)10-9-17(28-23)19(13-36(4,32)33)30-22-18(29(2)24(30)31)11-14(12-27-22)15-7-6-8-16(25)21(15)26/h6-12,19H,5,13H2,1-4H3/t19-/m1/s1. The van der Waals surface area contributed by atoms with Gasteiger partial charge in [0.1, 0.15) is 9.84 Å². The van der Waals surface area contributed by atoms with E-state index in [0.29, 0.717) is 17.9 Å². The van der Waals surface area contributed by atoms with Crippen molar-refractivity contribution in [2.45, 2.75) is 13.0 Å². The largest absolute Gasteiger partial charge is 0.491 e. The quantitative estimate of drug-likeness (QED) is 0.353. The van der Waals surface area contributed by atoms with Crippen LogP contribution in [0.3, 0.4) is 0 Å². The molecule has 0 aliphatic heterocycles. The van der Waals surface area contributed by atoms with Gasteiger partial charge in [-0.3, -0.25) is 9.13 Å². The van der Waals surface area contributed by atoms with Gasteiger partial charge < -0.3 is 9.47 Å². The Morgan fingerprint density at radius 2 is 1.92 bits per heavy atom. The number of ether oxygens (including phenoxy) is 2. The van der Waals surface area contributed by atoms with Crippen LogP contribution < -0.4 is 15.2 Å². The Labute approximate surface area is 205 Å². The number of aromatic nitrogens is 4. The highest BCUT2D eigenvalue weighted by Crippen LogP contribution is 2.31. The molecule has 9 nitrogen and oxygen atoms in total. The fourth-order valence-corrected chi connectivity index (χ4v) is 4.88. The van der Waals surface area contributed by atoms with Crippen LogP contribution in [-0.4, -0.2) is 53.2 Å². The van der Waals surface area contributed by atoms with Gasteiger partial charge in [-0.25, -0.2) is 32.0 Å². The van der Waals surface area contributed by atoms with Gasteiger partial charge in [-0.15, -0.1) is 0 Å². The van der Waals surface area contributed by atoms with Crippen LogP contribution in [0.4, 0.5) is 8.78 Å². The van der Waals surface area contributed by atoms with Crippen molar-refractivity contribution in [3.8, 4) is 22.8 Å². The van der Waals surface area contributed by atoms with Crippen molar-refractivity contribution in [1.29, 1.82) is 0 Å². The molecule has 0 N–H and O–H groups in total. The van der Waals surface area contributed by atoms with Crippen molar-refractivity contribution in [2.75, 3.05) is 25.7 Å². The van der Waals surface area contributed by atoms with E-state index in [0.717, 1.165) is 12.3 Å². The van der Waals surface area contributed by atoms with Crippen LogP contribution in [0.15, 0.2) is 47.4 Å². The van der Waals surface area contributed by atoms with Crippen LogP contribution in [0.2, 0.25) is 0 Å². The Kier molecular flexibility index (Phi) is 6.81. The molecule has 12 heteroatoms. The number of hydrogen-bond acceptors (Lipinski definition) is 7. The number of fused-ring (bicyclic) bond motifs is 1. The minimum absolute atomic E-state index is 0.0181. The molecule has 1 atom stereocenters. The monoisotopic (exact) mass is 518 g/mol. The number of aryl methyl sites for hydroxylation is 1. The molecule has 0 aliphatic rings. The highest BCUT2D eigenvalue weighted by atomic mass is 32.2. The lowest BCUT2D eigenvalue weighted by Gasteiger charge is -2.19.